The van der Waals surface area contributed by atoms with Gasteiger partial charge in [0, 0.05) is 19.5 Å². The first-order valence-electron chi connectivity index (χ1n) is 9.75. The zero-order chi connectivity index (χ0) is 20.6. The normalized spacial score (nSPS) is 13.7. The quantitative estimate of drug-likeness (QED) is 0.482. The highest BCUT2D eigenvalue weighted by Crippen LogP contribution is 2.21. The molecule has 1 aliphatic rings. The van der Waals surface area contributed by atoms with Gasteiger partial charge in [-0.1, -0.05) is 18.2 Å². The van der Waals surface area contributed by atoms with Crippen molar-refractivity contribution in [2.75, 3.05) is 23.7 Å². The van der Waals surface area contributed by atoms with E-state index in [4.69, 9.17) is 5.11 Å². The second-order valence-electron chi connectivity index (χ2n) is 7.04. The first-order valence-corrected chi connectivity index (χ1v) is 9.75. The van der Waals surface area contributed by atoms with Gasteiger partial charge in [-0.05, 0) is 48.6 Å². The van der Waals surface area contributed by atoms with Gasteiger partial charge in [-0.15, -0.1) is 0 Å². The molecule has 1 aromatic carbocycles. The number of halogens is 1. The van der Waals surface area contributed by atoms with Gasteiger partial charge in [0.25, 0.3) is 0 Å². The number of nitrogens with zero attached hydrogens (tertiary/aromatic N) is 1. The predicted octanol–water partition coefficient (Wildman–Crippen LogP) is 3.10. The van der Waals surface area contributed by atoms with Gasteiger partial charge < -0.3 is 21.1 Å². The van der Waals surface area contributed by atoms with Crippen molar-refractivity contribution < 1.29 is 19.1 Å². The lowest BCUT2D eigenvalue weighted by atomic mass is 10.0. The molecule has 0 radical (unpaired) electrons. The van der Waals surface area contributed by atoms with Gasteiger partial charge in [-0.25, -0.2) is 9.37 Å². The van der Waals surface area contributed by atoms with Crippen LogP contribution in [-0.2, 0) is 16.0 Å². The van der Waals surface area contributed by atoms with E-state index in [1.54, 1.807) is 6.07 Å². The van der Waals surface area contributed by atoms with Gasteiger partial charge in [0.05, 0.1) is 12.5 Å². The first kappa shape index (κ1) is 20.6. The molecular weight excluding hydrogens is 375 g/mol. The Morgan fingerprint density at radius 3 is 2.93 bits per heavy atom. The van der Waals surface area contributed by atoms with Gasteiger partial charge in [-0.2, -0.15) is 0 Å². The standard InChI is InChI=1S/C21H25FN4O3/c22-16-6-1-4-15(12-16)17(13-20(28)29)25-19(27)7-3-10-23-18-9-8-14-5-2-11-24-21(14)26-18/h1,4,6,8-9,12,17H,2-3,5,7,10-11,13H2,(H,25,27)(H,28,29)(H2,23,24,26)/t17-/m0/s1. The van der Waals surface area contributed by atoms with Crippen LogP contribution in [0.3, 0.4) is 0 Å². The molecule has 0 saturated heterocycles. The summed E-state index contributed by atoms with van der Waals surface area (Å²) in [6, 6.07) is 8.84. The monoisotopic (exact) mass is 400 g/mol. The molecule has 0 unspecified atom stereocenters. The third-order valence-corrected chi connectivity index (χ3v) is 4.75. The first-order chi connectivity index (χ1) is 14.0. The Labute approximate surface area is 168 Å². The third kappa shape index (κ3) is 6.17. The molecule has 1 atom stereocenters. The van der Waals surface area contributed by atoms with Crippen molar-refractivity contribution in [3.8, 4) is 0 Å². The summed E-state index contributed by atoms with van der Waals surface area (Å²) in [6.07, 6.45) is 2.61. The average Bonchev–Trinajstić information content (AvgIpc) is 2.70. The maximum atomic E-state index is 13.4. The fourth-order valence-corrected chi connectivity index (χ4v) is 3.31. The second-order valence-corrected chi connectivity index (χ2v) is 7.04. The van der Waals surface area contributed by atoms with E-state index >= 15 is 0 Å². The lowest BCUT2D eigenvalue weighted by molar-refractivity contribution is -0.137. The molecule has 0 saturated carbocycles. The Hall–Kier alpha value is -3.16. The van der Waals surface area contributed by atoms with Crippen molar-refractivity contribution in [2.45, 2.75) is 38.1 Å². The molecule has 4 N–H and O–H groups in total. The molecule has 0 aliphatic carbocycles. The van der Waals surface area contributed by atoms with Crippen molar-refractivity contribution >= 4 is 23.5 Å². The van der Waals surface area contributed by atoms with Gasteiger partial charge in [0.2, 0.25) is 5.91 Å². The number of nitrogens with one attached hydrogen (secondary N) is 3. The van der Waals surface area contributed by atoms with Crippen LogP contribution in [0.2, 0.25) is 0 Å². The summed E-state index contributed by atoms with van der Waals surface area (Å²) < 4.78 is 13.4. The van der Waals surface area contributed by atoms with Crippen LogP contribution in [-0.4, -0.2) is 35.1 Å². The van der Waals surface area contributed by atoms with Crippen molar-refractivity contribution in [1.82, 2.24) is 10.3 Å². The van der Waals surface area contributed by atoms with E-state index in [1.165, 1.54) is 23.8 Å². The van der Waals surface area contributed by atoms with Crippen LogP contribution in [0.1, 0.15) is 42.9 Å². The maximum Gasteiger partial charge on any atom is 0.305 e. The number of carboxylic acids is 1. The van der Waals surface area contributed by atoms with Crippen LogP contribution < -0.4 is 16.0 Å². The van der Waals surface area contributed by atoms with Gasteiger partial charge >= 0.3 is 5.97 Å². The van der Waals surface area contributed by atoms with E-state index < -0.39 is 17.8 Å². The summed E-state index contributed by atoms with van der Waals surface area (Å²) in [7, 11) is 0. The van der Waals surface area contributed by atoms with Crippen LogP contribution in [0.15, 0.2) is 36.4 Å². The lowest BCUT2D eigenvalue weighted by Gasteiger charge is -2.18. The summed E-state index contributed by atoms with van der Waals surface area (Å²) >= 11 is 0. The van der Waals surface area contributed by atoms with Crippen LogP contribution in [0.4, 0.5) is 16.0 Å². The lowest BCUT2D eigenvalue weighted by Crippen LogP contribution is -2.30. The van der Waals surface area contributed by atoms with Gasteiger partial charge in [-0.3, -0.25) is 9.59 Å². The summed E-state index contributed by atoms with van der Waals surface area (Å²) in [4.78, 5) is 27.9. The number of hydrogen-bond acceptors (Lipinski definition) is 5. The molecule has 29 heavy (non-hydrogen) atoms. The van der Waals surface area contributed by atoms with Gasteiger partial charge in [0.15, 0.2) is 0 Å². The van der Waals surface area contributed by atoms with E-state index in [2.05, 4.69) is 27.0 Å². The second kappa shape index (κ2) is 9.86. The summed E-state index contributed by atoms with van der Waals surface area (Å²) in [5, 5.41) is 18.3. The Balaban J connectivity index is 1.47. The fraction of sp³-hybridized carbons (Fsp3) is 0.381. The molecule has 8 heteroatoms. The minimum atomic E-state index is -1.06. The highest BCUT2D eigenvalue weighted by atomic mass is 19.1. The highest BCUT2D eigenvalue weighted by molar-refractivity contribution is 5.77. The van der Waals surface area contributed by atoms with E-state index in [0.717, 1.165) is 31.0 Å². The molecule has 2 heterocycles. The Morgan fingerprint density at radius 1 is 1.28 bits per heavy atom. The number of amides is 1. The number of carbonyl (C=O) groups is 2. The topological polar surface area (TPSA) is 103 Å². The third-order valence-electron chi connectivity index (χ3n) is 4.75. The molecule has 7 nitrogen and oxygen atoms in total. The molecule has 0 spiro atoms. The van der Waals surface area contributed by atoms with Crippen molar-refractivity contribution in [2.24, 2.45) is 0 Å². The predicted molar refractivity (Wildman–Crippen MR) is 108 cm³/mol. The summed E-state index contributed by atoms with van der Waals surface area (Å²) in [6.45, 7) is 1.48. The number of pyridine rings is 1. The number of fused-ring (bicyclic) bond motifs is 1. The highest BCUT2D eigenvalue weighted by Gasteiger charge is 2.18. The molecule has 0 fully saturated rings. The molecule has 1 amide bonds. The number of aryl methyl sites for hydroxylation is 1. The Bertz CT molecular complexity index is 875. The van der Waals surface area contributed by atoms with Crippen LogP contribution in [0.25, 0.3) is 0 Å². The fourth-order valence-electron chi connectivity index (χ4n) is 3.31. The molecular formula is C21H25FN4O3. The molecule has 0 bridgehead atoms. The average molecular weight is 400 g/mol. The van der Waals surface area contributed by atoms with Crippen molar-refractivity contribution in [1.29, 1.82) is 0 Å². The smallest absolute Gasteiger partial charge is 0.305 e. The molecule has 3 rings (SSSR count). The number of anilines is 2. The number of hydrogen-bond donors (Lipinski definition) is 4. The molecule has 154 valence electrons. The number of benzene rings is 1. The van der Waals surface area contributed by atoms with E-state index in [-0.39, 0.29) is 18.7 Å². The number of aromatic nitrogens is 1. The van der Waals surface area contributed by atoms with Crippen LogP contribution >= 0.6 is 0 Å². The zero-order valence-electron chi connectivity index (χ0n) is 16.1. The van der Waals surface area contributed by atoms with Crippen molar-refractivity contribution in [3.05, 3.63) is 53.3 Å². The largest absolute Gasteiger partial charge is 0.481 e. The number of rotatable bonds is 9. The molecule has 1 aliphatic heterocycles. The number of carboxylic acid groups (broad SMARTS) is 1. The summed E-state index contributed by atoms with van der Waals surface area (Å²) in [5.41, 5.74) is 1.65. The minimum absolute atomic E-state index is 0.224. The van der Waals surface area contributed by atoms with E-state index in [1.807, 2.05) is 6.07 Å². The Kier molecular flexibility index (Phi) is 6.99. The summed E-state index contributed by atoms with van der Waals surface area (Å²) in [5.74, 6) is -0.147. The SMILES string of the molecule is O=C(O)C[C@H](NC(=O)CCCNc1ccc2c(n1)NCCC2)c1cccc(F)c1. The van der Waals surface area contributed by atoms with Gasteiger partial charge in [0.1, 0.15) is 17.5 Å². The van der Waals surface area contributed by atoms with E-state index in [9.17, 15) is 14.0 Å². The zero-order valence-corrected chi connectivity index (χ0v) is 16.1. The maximum absolute atomic E-state index is 13.4. The number of carbonyl (C=O) groups excluding carboxylic acids is 1. The van der Waals surface area contributed by atoms with E-state index in [0.29, 0.717) is 18.5 Å². The van der Waals surface area contributed by atoms with Crippen molar-refractivity contribution in [3.63, 3.8) is 0 Å². The molecule has 1 aromatic heterocycles. The van der Waals surface area contributed by atoms with Crippen LogP contribution in [0, 0.1) is 5.82 Å². The van der Waals surface area contributed by atoms with Crippen LogP contribution in [0.5, 0.6) is 0 Å². The minimum Gasteiger partial charge on any atom is -0.481 e. The number of aliphatic carboxylic acids is 1. The molecule has 2 aromatic rings. The Morgan fingerprint density at radius 2 is 2.14 bits per heavy atom.